The Bertz CT molecular complexity index is 1180. The number of rotatable bonds is 5. The summed E-state index contributed by atoms with van der Waals surface area (Å²) in [6.45, 7) is 4.42. The molecule has 7 heteroatoms. The topological polar surface area (TPSA) is 63.6 Å². The van der Waals surface area contributed by atoms with Crippen LogP contribution in [0.15, 0.2) is 72.3 Å². The van der Waals surface area contributed by atoms with Gasteiger partial charge < -0.3 is 9.30 Å². The maximum absolute atomic E-state index is 13.3. The Morgan fingerprint density at radius 3 is 2.35 bits per heavy atom. The molecule has 156 valence electrons. The summed E-state index contributed by atoms with van der Waals surface area (Å²) >= 11 is 5.28. The van der Waals surface area contributed by atoms with Gasteiger partial charge in [0.1, 0.15) is 11.3 Å². The lowest BCUT2D eigenvalue weighted by Crippen LogP contribution is -2.54. The summed E-state index contributed by atoms with van der Waals surface area (Å²) in [4.78, 5) is 27.3. The van der Waals surface area contributed by atoms with Gasteiger partial charge in [0.25, 0.3) is 11.8 Å². The van der Waals surface area contributed by atoms with Gasteiger partial charge in [0.2, 0.25) is 0 Å². The zero-order valence-corrected chi connectivity index (χ0v) is 18.0. The molecule has 0 aliphatic carbocycles. The Kier molecular flexibility index (Phi) is 5.68. The van der Waals surface area contributed by atoms with Gasteiger partial charge in [-0.05, 0) is 80.7 Å². The van der Waals surface area contributed by atoms with E-state index in [0.29, 0.717) is 18.0 Å². The highest BCUT2D eigenvalue weighted by Crippen LogP contribution is 2.26. The van der Waals surface area contributed by atoms with Crippen LogP contribution < -0.4 is 15.0 Å². The number of carbonyl (C=O) groups is 2. The molecule has 4 rings (SSSR count). The number of anilines is 1. The fourth-order valence-electron chi connectivity index (χ4n) is 3.50. The van der Waals surface area contributed by atoms with Crippen LogP contribution in [0.5, 0.6) is 5.75 Å². The molecule has 2 heterocycles. The molecule has 0 unspecified atom stereocenters. The van der Waals surface area contributed by atoms with E-state index in [9.17, 15) is 9.59 Å². The lowest BCUT2D eigenvalue weighted by Gasteiger charge is -2.29. The number of thiocarbonyl (C=S) groups is 1. The van der Waals surface area contributed by atoms with Gasteiger partial charge in [-0.3, -0.25) is 19.8 Å². The third kappa shape index (κ3) is 4.00. The molecule has 1 saturated heterocycles. The molecule has 0 spiro atoms. The predicted molar refractivity (Wildman–Crippen MR) is 124 cm³/mol. The van der Waals surface area contributed by atoms with E-state index < -0.39 is 11.8 Å². The van der Waals surface area contributed by atoms with Gasteiger partial charge in [-0.1, -0.05) is 18.2 Å². The van der Waals surface area contributed by atoms with Crippen molar-refractivity contribution in [2.24, 2.45) is 0 Å². The van der Waals surface area contributed by atoms with Gasteiger partial charge >= 0.3 is 0 Å². The first-order valence-electron chi connectivity index (χ1n) is 9.87. The standard InChI is InChI=1S/C24H21N3O3S/c1-3-30-20-13-11-18(12-14-20)27-23(29)21(22(28)25-24(27)31)15-19-10-9-16(2)26(19)17-7-5-4-6-8-17/h4-15H,3H2,1-2H3,(H,25,28,31)/b21-15+. The number of aromatic nitrogens is 1. The average molecular weight is 432 g/mol. The Morgan fingerprint density at radius 2 is 1.68 bits per heavy atom. The Morgan fingerprint density at radius 1 is 0.968 bits per heavy atom. The second-order valence-corrected chi connectivity index (χ2v) is 7.34. The van der Waals surface area contributed by atoms with Crippen LogP contribution in [-0.4, -0.2) is 28.1 Å². The molecule has 0 radical (unpaired) electrons. The van der Waals surface area contributed by atoms with E-state index in [0.717, 1.165) is 17.1 Å². The lowest BCUT2D eigenvalue weighted by atomic mass is 10.1. The van der Waals surface area contributed by atoms with E-state index >= 15 is 0 Å². The highest BCUT2D eigenvalue weighted by molar-refractivity contribution is 7.80. The fourth-order valence-corrected chi connectivity index (χ4v) is 3.78. The number of hydrogen-bond donors (Lipinski definition) is 1. The Labute approximate surface area is 185 Å². The number of ether oxygens (including phenoxy) is 1. The van der Waals surface area contributed by atoms with Crippen LogP contribution >= 0.6 is 12.2 Å². The van der Waals surface area contributed by atoms with Gasteiger partial charge in [-0.15, -0.1) is 0 Å². The van der Waals surface area contributed by atoms with Crippen molar-refractivity contribution in [2.45, 2.75) is 13.8 Å². The molecule has 1 aliphatic rings. The van der Waals surface area contributed by atoms with Crippen molar-refractivity contribution in [1.29, 1.82) is 0 Å². The summed E-state index contributed by atoms with van der Waals surface area (Å²) in [5, 5.41) is 2.67. The van der Waals surface area contributed by atoms with Gasteiger partial charge in [0.15, 0.2) is 5.11 Å². The number of para-hydroxylation sites is 1. The molecule has 0 saturated carbocycles. The van der Waals surface area contributed by atoms with Gasteiger partial charge in [0, 0.05) is 17.1 Å². The van der Waals surface area contributed by atoms with Crippen LogP contribution in [0.25, 0.3) is 11.8 Å². The second-order valence-electron chi connectivity index (χ2n) is 6.96. The molecule has 2 amide bonds. The SMILES string of the molecule is CCOc1ccc(N2C(=O)/C(=C/c3ccc(C)n3-c3ccccc3)C(=O)NC2=S)cc1. The van der Waals surface area contributed by atoms with Gasteiger partial charge in [-0.25, -0.2) is 0 Å². The molecule has 31 heavy (non-hydrogen) atoms. The minimum Gasteiger partial charge on any atom is -0.494 e. The molecule has 3 aromatic rings. The summed E-state index contributed by atoms with van der Waals surface area (Å²) in [5.74, 6) is -0.301. The van der Waals surface area contributed by atoms with E-state index in [1.807, 2.05) is 60.9 Å². The summed E-state index contributed by atoms with van der Waals surface area (Å²) in [6, 6.07) is 20.6. The summed E-state index contributed by atoms with van der Waals surface area (Å²) in [5.41, 5.74) is 3.22. The Hall–Kier alpha value is -3.71. The zero-order chi connectivity index (χ0) is 22.0. The van der Waals surface area contributed by atoms with Gasteiger partial charge in [0.05, 0.1) is 12.3 Å². The van der Waals surface area contributed by atoms with Crippen molar-refractivity contribution in [1.82, 2.24) is 9.88 Å². The predicted octanol–water partition coefficient (Wildman–Crippen LogP) is 4.02. The number of aryl methyl sites for hydroxylation is 1. The maximum Gasteiger partial charge on any atom is 0.270 e. The smallest absolute Gasteiger partial charge is 0.270 e. The van der Waals surface area contributed by atoms with Crippen LogP contribution in [0.2, 0.25) is 0 Å². The third-order valence-electron chi connectivity index (χ3n) is 4.92. The van der Waals surface area contributed by atoms with Crippen molar-refractivity contribution in [3.05, 3.63) is 83.7 Å². The summed E-state index contributed by atoms with van der Waals surface area (Å²) < 4.78 is 7.44. The largest absolute Gasteiger partial charge is 0.494 e. The number of nitrogens with one attached hydrogen (secondary N) is 1. The third-order valence-corrected chi connectivity index (χ3v) is 5.21. The number of nitrogens with zero attached hydrogens (tertiary/aromatic N) is 2. The molecular formula is C24H21N3O3S. The lowest BCUT2D eigenvalue weighted by molar-refractivity contribution is -0.122. The van der Waals surface area contributed by atoms with E-state index in [4.69, 9.17) is 17.0 Å². The van der Waals surface area contributed by atoms with E-state index in [-0.39, 0.29) is 10.7 Å². The summed E-state index contributed by atoms with van der Waals surface area (Å²) in [7, 11) is 0. The van der Waals surface area contributed by atoms with Crippen molar-refractivity contribution < 1.29 is 14.3 Å². The van der Waals surface area contributed by atoms with Crippen LogP contribution in [0, 0.1) is 6.92 Å². The molecule has 1 aliphatic heterocycles. The fraction of sp³-hybridized carbons (Fsp3) is 0.125. The van der Waals surface area contributed by atoms with Gasteiger partial charge in [-0.2, -0.15) is 0 Å². The molecule has 1 N–H and O–H groups in total. The monoisotopic (exact) mass is 431 g/mol. The first kappa shape index (κ1) is 20.6. The summed E-state index contributed by atoms with van der Waals surface area (Å²) in [6.07, 6.45) is 1.60. The van der Waals surface area contributed by atoms with Crippen LogP contribution in [0.3, 0.4) is 0 Å². The van der Waals surface area contributed by atoms with Crippen molar-refractivity contribution >= 4 is 40.9 Å². The molecular weight excluding hydrogens is 410 g/mol. The number of benzene rings is 2. The number of carbonyl (C=O) groups excluding carboxylic acids is 2. The van der Waals surface area contributed by atoms with Crippen molar-refractivity contribution in [2.75, 3.05) is 11.5 Å². The molecule has 6 nitrogen and oxygen atoms in total. The minimum absolute atomic E-state index is 0.0118. The molecule has 1 fully saturated rings. The Balaban J connectivity index is 1.72. The van der Waals surface area contributed by atoms with E-state index in [1.54, 1.807) is 30.3 Å². The van der Waals surface area contributed by atoms with Crippen LogP contribution in [0.1, 0.15) is 18.3 Å². The normalized spacial score (nSPS) is 15.4. The van der Waals surface area contributed by atoms with Crippen molar-refractivity contribution in [3.8, 4) is 11.4 Å². The van der Waals surface area contributed by atoms with E-state index in [2.05, 4.69) is 5.32 Å². The van der Waals surface area contributed by atoms with E-state index in [1.165, 1.54) is 4.90 Å². The molecule has 0 atom stereocenters. The highest BCUT2D eigenvalue weighted by Gasteiger charge is 2.34. The number of amides is 2. The number of hydrogen-bond acceptors (Lipinski definition) is 4. The molecule has 0 bridgehead atoms. The first-order valence-corrected chi connectivity index (χ1v) is 10.3. The average Bonchev–Trinajstić information content (AvgIpc) is 3.13. The van der Waals surface area contributed by atoms with Crippen LogP contribution in [-0.2, 0) is 9.59 Å². The highest BCUT2D eigenvalue weighted by atomic mass is 32.1. The minimum atomic E-state index is -0.518. The van der Waals surface area contributed by atoms with Crippen molar-refractivity contribution in [3.63, 3.8) is 0 Å². The maximum atomic E-state index is 13.3. The second kappa shape index (κ2) is 8.57. The molecule has 2 aromatic carbocycles. The quantitative estimate of drug-likeness (QED) is 0.377. The van der Waals surface area contributed by atoms with Crippen LogP contribution in [0.4, 0.5) is 5.69 Å². The molecule has 1 aromatic heterocycles. The first-order chi connectivity index (χ1) is 15.0. The zero-order valence-electron chi connectivity index (χ0n) is 17.2.